The molecule has 0 N–H and O–H groups in total. The topological polar surface area (TPSA) is 9.23 Å². The number of hydrogen-bond acceptors (Lipinski definition) is 1. The Hall–Kier alpha value is -0.500. The highest BCUT2D eigenvalue weighted by Crippen LogP contribution is 2.26. The van der Waals surface area contributed by atoms with Crippen LogP contribution in [0.25, 0.3) is 0 Å². The minimum Gasteiger partial charge on any atom is -0.493 e. The van der Waals surface area contributed by atoms with Gasteiger partial charge in [-0.15, -0.1) is 0 Å². The first kappa shape index (κ1) is 17.6. The third kappa shape index (κ3) is 6.30. The zero-order valence-electron chi connectivity index (χ0n) is 13.6. The molecule has 0 aliphatic heterocycles. The summed E-state index contributed by atoms with van der Waals surface area (Å²) in [6.45, 7) is 12.0. The molecule has 1 aromatic rings. The predicted molar refractivity (Wildman–Crippen MR) is 91.6 cm³/mol. The first-order chi connectivity index (χ1) is 9.40. The first-order valence-corrected chi connectivity index (χ1v) is 8.59. The maximum absolute atomic E-state index is 5.95. The molecule has 0 aliphatic carbocycles. The average molecular weight is 341 g/mol. The molecule has 0 heterocycles. The largest absolute Gasteiger partial charge is 0.493 e. The van der Waals surface area contributed by atoms with E-state index in [1.54, 1.807) is 0 Å². The molecule has 0 saturated heterocycles. The number of aryl methyl sites for hydroxylation is 2. The first-order valence-electron chi connectivity index (χ1n) is 7.79. The van der Waals surface area contributed by atoms with Crippen molar-refractivity contribution >= 4 is 15.9 Å². The number of halogens is 1. The standard InChI is InChI=1S/C18H29BrO/c1-13(2)7-6-8-14(3)9-10-20-18-12-15(4)17(19)11-16(18)5/h11-14H,6-10H2,1-5H3. The van der Waals surface area contributed by atoms with Crippen LogP contribution in [0, 0.1) is 25.7 Å². The fraction of sp³-hybridized carbons (Fsp3) is 0.667. The van der Waals surface area contributed by atoms with E-state index in [4.69, 9.17) is 4.74 Å². The van der Waals surface area contributed by atoms with Crippen LogP contribution in [0.3, 0.4) is 0 Å². The highest BCUT2D eigenvalue weighted by molar-refractivity contribution is 9.10. The molecular formula is C18H29BrO. The van der Waals surface area contributed by atoms with Gasteiger partial charge < -0.3 is 4.74 Å². The van der Waals surface area contributed by atoms with Gasteiger partial charge in [0, 0.05) is 4.47 Å². The van der Waals surface area contributed by atoms with Crippen molar-refractivity contribution in [3.63, 3.8) is 0 Å². The summed E-state index contributed by atoms with van der Waals surface area (Å²) in [4.78, 5) is 0. The Bertz CT molecular complexity index is 412. The molecule has 0 saturated carbocycles. The van der Waals surface area contributed by atoms with Crippen LogP contribution in [-0.2, 0) is 0 Å². The van der Waals surface area contributed by atoms with E-state index in [2.05, 4.69) is 62.7 Å². The fourth-order valence-corrected chi connectivity index (χ4v) is 2.76. The molecule has 0 aromatic heterocycles. The van der Waals surface area contributed by atoms with E-state index in [-0.39, 0.29) is 0 Å². The lowest BCUT2D eigenvalue weighted by Gasteiger charge is -2.15. The van der Waals surface area contributed by atoms with E-state index in [0.717, 1.165) is 35.1 Å². The van der Waals surface area contributed by atoms with Crippen molar-refractivity contribution in [1.82, 2.24) is 0 Å². The van der Waals surface area contributed by atoms with Gasteiger partial charge in [-0.05, 0) is 55.4 Å². The zero-order valence-corrected chi connectivity index (χ0v) is 15.2. The number of benzene rings is 1. The van der Waals surface area contributed by atoms with Gasteiger partial charge in [0.05, 0.1) is 6.61 Å². The Kier molecular flexibility index (Phi) is 7.65. The van der Waals surface area contributed by atoms with E-state index >= 15 is 0 Å². The normalized spacial score (nSPS) is 12.8. The van der Waals surface area contributed by atoms with E-state index in [1.807, 2.05) is 0 Å². The summed E-state index contributed by atoms with van der Waals surface area (Å²) in [7, 11) is 0. The Labute approximate surface area is 133 Å². The van der Waals surface area contributed by atoms with Crippen LogP contribution in [-0.4, -0.2) is 6.61 Å². The number of hydrogen-bond donors (Lipinski definition) is 0. The molecule has 1 nitrogen and oxygen atoms in total. The maximum Gasteiger partial charge on any atom is 0.122 e. The van der Waals surface area contributed by atoms with Gasteiger partial charge >= 0.3 is 0 Å². The third-order valence-electron chi connectivity index (χ3n) is 3.80. The van der Waals surface area contributed by atoms with Gasteiger partial charge in [0.1, 0.15) is 5.75 Å². The fourth-order valence-electron chi connectivity index (χ4n) is 2.30. The second-order valence-electron chi connectivity index (χ2n) is 6.43. The summed E-state index contributed by atoms with van der Waals surface area (Å²) in [5.74, 6) is 2.61. The highest BCUT2D eigenvalue weighted by Gasteiger charge is 2.06. The quantitative estimate of drug-likeness (QED) is 0.539. The van der Waals surface area contributed by atoms with Gasteiger partial charge in [-0.1, -0.05) is 56.0 Å². The van der Waals surface area contributed by atoms with E-state index in [9.17, 15) is 0 Å². The second-order valence-corrected chi connectivity index (χ2v) is 7.29. The van der Waals surface area contributed by atoms with Crippen molar-refractivity contribution in [1.29, 1.82) is 0 Å². The Balaban J connectivity index is 2.32. The third-order valence-corrected chi connectivity index (χ3v) is 4.66. The number of rotatable bonds is 8. The lowest BCUT2D eigenvalue weighted by molar-refractivity contribution is 0.274. The van der Waals surface area contributed by atoms with Crippen molar-refractivity contribution in [3.05, 3.63) is 27.7 Å². The second kappa shape index (κ2) is 8.71. The van der Waals surface area contributed by atoms with Crippen molar-refractivity contribution in [3.8, 4) is 5.75 Å². The molecule has 1 atom stereocenters. The van der Waals surface area contributed by atoms with E-state index in [0.29, 0.717) is 0 Å². The van der Waals surface area contributed by atoms with Crippen LogP contribution in [0.1, 0.15) is 57.6 Å². The molecule has 114 valence electrons. The van der Waals surface area contributed by atoms with Crippen LogP contribution >= 0.6 is 15.9 Å². The molecule has 0 fully saturated rings. The summed E-state index contributed by atoms with van der Waals surface area (Å²) in [6, 6.07) is 4.26. The summed E-state index contributed by atoms with van der Waals surface area (Å²) < 4.78 is 7.11. The highest BCUT2D eigenvalue weighted by atomic mass is 79.9. The van der Waals surface area contributed by atoms with Gasteiger partial charge in [0.2, 0.25) is 0 Å². The molecular weight excluding hydrogens is 312 g/mol. The van der Waals surface area contributed by atoms with Crippen molar-refractivity contribution in [2.24, 2.45) is 11.8 Å². The predicted octanol–water partition coefficient (Wildman–Crippen LogP) is 6.30. The molecule has 0 radical (unpaired) electrons. The Morgan fingerprint density at radius 1 is 1.00 bits per heavy atom. The number of ether oxygens (including phenoxy) is 1. The van der Waals surface area contributed by atoms with Gasteiger partial charge in [0.25, 0.3) is 0 Å². The zero-order chi connectivity index (χ0) is 15.1. The molecule has 20 heavy (non-hydrogen) atoms. The lowest BCUT2D eigenvalue weighted by Crippen LogP contribution is -2.05. The molecule has 0 bridgehead atoms. The minimum atomic E-state index is 0.755. The van der Waals surface area contributed by atoms with Gasteiger partial charge in [-0.2, -0.15) is 0 Å². The SMILES string of the molecule is Cc1cc(OCCC(C)CCCC(C)C)c(C)cc1Br. The summed E-state index contributed by atoms with van der Waals surface area (Å²) in [5, 5.41) is 0. The smallest absolute Gasteiger partial charge is 0.122 e. The van der Waals surface area contributed by atoms with Crippen molar-refractivity contribution in [2.45, 2.75) is 60.3 Å². The molecule has 1 aromatic carbocycles. The molecule has 0 aliphatic rings. The molecule has 1 rings (SSSR count). The summed E-state index contributed by atoms with van der Waals surface area (Å²) >= 11 is 3.56. The van der Waals surface area contributed by atoms with Crippen molar-refractivity contribution < 1.29 is 4.74 Å². The Morgan fingerprint density at radius 2 is 1.70 bits per heavy atom. The molecule has 1 unspecified atom stereocenters. The molecule has 2 heteroatoms. The van der Waals surface area contributed by atoms with Gasteiger partial charge in [0.15, 0.2) is 0 Å². The average Bonchev–Trinajstić information content (AvgIpc) is 2.35. The van der Waals surface area contributed by atoms with E-state index < -0.39 is 0 Å². The molecule has 0 amide bonds. The van der Waals surface area contributed by atoms with Crippen LogP contribution in [0.4, 0.5) is 0 Å². The van der Waals surface area contributed by atoms with Gasteiger partial charge in [-0.25, -0.2) is 0 Å². The summed E-state index contributed by atoms with van der Waals surface area (Å²) in [6.07, 6.45) is 5.15. The maximum atomic E-state index is 5.95. The van der Waals surface area contributed by atoms with Crippen LogP contribution in [0.5, 0.6) is 5.75 Å². The van der Waals surface area contributed by atoms with Crippen molar-refractivity contribution in [2.75, 3.05) is 6.61 Å². The molecule has 0 spiro atoms. The van der Waals surface area contributed by atoms with Crippen LogP contribution < -0.4 is 4.74 Å². The Morgan fingerprint density at radius 3 is 2.35 bits per heavy atom. The lowest BCUT2D eigenvalue weighted by atomic mass is 9.98. The summed E-state index contributed by atoms with van der Waals surface area (Å²) in [5.41, 5.74) is 2.44. The van der Waals surface area contributed by atoms with Crippen LogP contribution in [0.2, 0.25) is 0 Å². The monoisotopic (exact) mass is 340 g/mol. The van der Waals surface area contributed by atoms with Gasteiger partial charge in [-0.3, -0.25) is 0 Å². The minimum absolute atomic E-state index is 0.755. The van der Waals surface area contributed by atoms with E-state index in [1.165, 1.54) is 30.4 Å². The van der Waals surface area contributed by atoms with Crippen LogP contribution in [0.15, 0.2) is 16.6 Å².